The molecule has 3 aliphatic heterocycles. The Kier molecular flexibility index (Phi) is 5.26. The van der Waals surface area contributed by atoms with Crippen LogP contribution >= 0.6 is 11.6 Å². The van der Waals surface area contributed by atoms with E-state index in [4.69, 9.17) is 11.6 Å². The summed E-state index contributed by atoms with van der Waals surface area (Å²) in [6, 6.07) is 7.41. The first-order chi connectivity index (χ1) is 13.3. The maximum Gasteiger partial charge on any atom is 0.228 e. The number of benzene rings is 1. The van der Waals surface area contributed by atoms with Gasteiger partial charge in [0.15, 0.2) is 9.84 Å². The second kappa shape index (κ2) is 7.55. The number of likely N-dealkylation sites (tertiary alicyclic amines) is 1. The number of sulfone groups is 1. The Labute approximate surface area is 170 Å². The van der Waals surface area contributed by atoms with Crippen LogP contribution in [-0.2, 0) is 19.4 Å². The van der Waals surface area contributed by atoms with Crippen molar-refractivity contribution in [2.75, 3.05) is 49.1 Å². The predicted molar refractivity (Wildman–Crippen MR) is 107 cm³/mol. The van der Waals surface area contributed by atoms with Crippen LogP contribution in [0.3, 0.4) is 0 Å². The molecule has 0 bridgehead atoms. The van der Waals surface area contributed by atoms with Gasteiger partial charge in [-0.1, -0.05) is 17.7 Å². The van der Waals surface area contributed by atoms with E-state index in [1.54, 1.807) is 4.90 Å². The van der Waals surface area contributed by atoms with Gasteiger partial charge < -0.3 is 14.7 Å². The third-order valence-corrected chi connectivity index (χ3v) is 7.91. The highest BCUT2D eigenvalue weighted by Crippen LogP contribution is 2.28. The van der Waals surface area contributed by atoms with Crippen molar-refractivity contribution in [3.63, 3.8) is 0 Å². The minimum absolute atomic E-state index is 0.00227. The minimum Gasteiger partial charge on any atom is -0.368 e. The molecule has 4 rings (SSSR count). The highest BCUT2D eigenvalue weighted by Gasteiger charge is 2.43. The minimum atomic E-state index is -3.05. The van der Waals surface area contributed by atoms with Crippen LogP contribution in [0.4, 0.5) is 5.69 Å². The van der Waals surface area contributed by atoms with Crippen molar-refractivity contribution in [1.29, 1.82) is 0 Å². The van der Waals surface area contributed by atoms with E-state index in [0.29, 0.717) is 31.1 Å². The molecule has 1 aromatic rings. The molecule has 3 heterocycles. The van der Waals surface area contributed by atoms with Crippen molar-refractivity contribution in [3.8, 4) is 0 Å². The molecule has 3 aliphatic rings. The number of hydrogen-bond donors (Lipinski definition) is 0. The van der Waals surface area contributed by atoms with Crippen molar-refractivity contribution in [2.24, 2.45) is 5.92 Å². The lowest BCUT2D eigenvalue weighted by Gasteiger charge is -2.37. The zero-order chi connectivity index (χ0) is 19.9. The molecule has 7 nitrogen and oxygen atoms in total. The van der Waals surface area contributed by atoms with Crippen LogP contribution in [-0.4, -0.2) is 80.3 Å². The molecular formula is C19H24ClN3O4S. The van der Waals surface area contributed by atoms with Crippen LogP contribution < -0.4 is 4.90 Å². The van der Waals surface area contributed by atoms with Gasteiger partial charge in [-0.3, -0.25) is 9.59 Å². The van der Waals surface area contributed by atoms with Gasteiger partial charge >= 0.3 is 0 Å². The fourth-order valence-electron chi connectivity index (χ4n) is 4.39. The van der Waals surface area contributed by atoms with Crippen molar-refractivity contribution in [2.45, 2.75) is 18.9 Å². The molecule has 1 aromatic carbocycles. The molecule has 0 aromatic heterocycles. The molecule has 9 heteroatoms. The van der Waals surface area contributed by atoms with E-state index in [1.165, 1.54) is 0 Å². The summed E-state index contributed by atoms with van der Waals surface area (Å²) in [6.45, 7) is 2.99. The number of hydrogen-bond acceptors (Lipinski definition) is 5. The molecule has 0 spiro atoms. The first-order valence-electron chi connectivity index (χ1n) is 9.61. The second-order valence-electron chi connectivity index (χ2n) is 7.80. The smallest absolute Gasteiger partial charge is 0.228 e. The summed E-state index contributed by atoms with van der Waals surface area (Å²) in [6.07, 6.45) is 0.664. The van der Waals surface area contributed by atoms with E-state index in [1.807, 2.05) is 29.2 Å². The highest BCUT2D eigenvalue weighted by molar-refractivity contribution is 7.91. The normalized spacial score (nSPS) is 27.5. The summed E-state index contributed by atoms with van der Waals surface area (Å²) in [5.41, 5.74) is 1.05. The van der Waals surface area contributed by atoms with E-state index in [9.17, 15) is 18.0 Å². The zero-order valence-electron chi connectivity index (χ0n) is 15.6. The maximum absolute atomic E-state index is 12.9. The number of anilines is 1. The molecular weight excluding hydrogens is 402 g/mol. The second-order valence-corrected chi connectivity index (χ2v) is 10.5. The van der Waals surface area contributed by atoms with E-state index >= 15 is 0 Å². The third-order valence-electron chi connectivity index (χ3n) is 5.92. The Morgan fingerprint density at radius 1 is 1.14 bits per heavy atom. The topological polar surface area (TPSA) is 78.0 Å². The summed E-state index contributed by atoms with van der Waals surface area (Å²) in [5, 5.41) is 0.689. The molecule has 0 unspecified atom stereocenters. The number of piperazine rings is 1. The SMILES string of the molecule is O=C([C@@H]1CC(=O)N([C@@H]2CCS(=O)(=O)C2)C1)N1CCN(c2cccc(Cl)c2)CC1. The molecule has 28 heavy (non-hydrogen) atoms. The Hall–Kier alpha value is -1.80. The summed E-state index contributed by atoms with van der Waals surface area (Å²) < 4.78 is 23.4. The van der Waals surface area contributed by atoms with E-state index in [2.05, 4.69) is 4.90 Å². The molecule has 3 fully saturated rings. The Balaban J connectivity index is 1.34. The quantitative estimate of drug-likeness (QED) is 0.722. The van der Waals surface area contributed by atoms with Crippen LogP contribution in [0.15, 0.2) is 24.3 Å². The third kappa shape index (κ3) is 3.98. The summed E-state index contributed by atoms with van der Waals surface area (Å²) in [4.78, 5) is 30.9. The van der Waals surface area contributed by atoms with Crippen LogP contribution in [0.2, 0.25) is 5.02 Å². The van der Waals surface area contributed by atoms with Gasteiger partial charge in [-0.2, -0.15) is 0 Å². The molecule has 0 radical (unpaired) electrons. The lowest BCUT2D eigenvalue weighted by molar-refractivity contribution is -0.136. The van der Waals surface area contributed by atoms with Crippen LogP contribution in [0.25, 0.3) is 0 Å². The van der Waals surface area contributed by atoms with Crippen molar-refractivity contribution in [3.05, 3.63) is 29.3 Å². The maximum atomic E-state index is 12.9. The molecule has 0 aliphatic carbocycles. The summed E-state index contributed by atoms with van der Waals surface area (Å²) in [5.74, 6) is -0.308. The average molecular weight is 426 g/mol. The number of nitrogens with zero attached hydrogens (tertiary/aromatic N) is 3. The largest absolute Gasteiger partial charge is 0.368 e. The molecule has 152 valence electrons. The van der Waals surface area contributed by atoms with Gasteiger partial charge in [-0.05, 0) is 24.6 Å². The summed E-state index contributed by atoms with van der Waals surface area (Å²) >= 11 is 6.06. The zero-order valence-corrected chi connectivity index (χ0v) is 17.2. The van der Waals surface area contributed by atoms with Crippen molar-refractivity contribution < 1.29 is 18.0 Å². The fraction of sp³-hybridized carbons (Fsp3) is 0.579. The first-order valence-corrected chi connectivity index (χ1v) is 11.8. The van der Waals surface area contributed by atoms with E-state index in [-0.39, 0.29) is 41.7 Å². The lowest BCUT2D eigenvalue weighted by Crippen LogP contribution is -2.50. The Bertz CT molecular complexity index is 883. The van der Waals surface area contributed by atoms with Crippen LogP contribution in [0.5, 0.6) is 0 Å². The summed E-state index contributed by atoms with van der Waals surface area (Å²) in [7, 11) is -3.05. The molecule has 2 atom stereocenters. The van der Waals surface area contributed by atoms with Crippen LogP contribution in [0, 0.1) is 5.92 Å². The van der Waals surface area contributed by atoms with Gasteiger partial charge in [0.2, 0.25) is 11.8 Å². The molecule has 0 saturated carbocycles. The standard InChI is InChI=1S/C19H24ClN3O4S/c20-15-2-1-3-16(11-15)21-5-7-22(8-6-21)19(25)14-10-18(24)23(12-14)17-4-9-28(26,27)13-17/h1-3,11,14,17H,4-10,12-13H2/t14-,17-/m1/s1. The number of carbonyl (C=O) groups excluding carboxylic acids is 2. The average Bonchev–Trinajstić information content (AvgIpc) is 3.23. The van der Waals surface area contributed by atoms with Gasteiger partial charge in [0.05, 0.1) is 17.4 Å². The monoisotopic (exact) mass is 425 g/mol. The van der Waals surface area contributed by atoms with E-state index in [0.717, 1.165) is 18.8 Å². The lowest BCUT2D eigenvalue weighted by atomic mass is 10.1. The van der Waals surface area contributed by atoms with Crippen molar-refractivity contribution in [1.82, 2.24) is 9.80 Å². The van der Waals surface area contributed by atoms with Crippen LogP contribution in [0.1, 0.15) is 12.8 Å². The molecule has 2 amide bonds. The van der Waals surface area contributed by atoms with Crippen molar-refractivity contribution >= 4 is 38.9 Å². The fourth-order valence-corrected chi connectivity index (χ4v) is 6.30. The van der Waals surface area contributed by atoms with Gasteiger partial charge in [0, 0.05) is 55.9 Å². The molecule has 0 N–H and O–H groups in total. The number of rotatable bonds is 3. The van der Waals surface area contributed by atoms with Gasteiger partial charge in [0.25, 0.3) is 0 Å². The first kappa shape index (κ1) is 19.5. The van der Waals surface area contributed by atoms with Gasteiger partial charge in [-0.15, -0.1) is 0 Å². The van der Waals surface area contributed by atoms with Gasteiger partial charge in [-0.25, -0.2) is 8.42 Å². The van der Waals surface area contributed by atoms with E-state index < -0.39 is 9.84 Å². The Morgan fingerprint density at radius 2 is 1.89 bits per heavy atom. The predicted octanol–water partition coefficient (Wildman–Crippen LogP) is 1.02. The van der Waals surface area contributed by atoms with Gasteiger partial charge in [0.1, 0.15) is 0 Å². The number of amides is 2. The molecule has 3 saturated heterocycles. The highest BCUT2D eigenvalue weighted by atomic mass is 35.5. The number of halogens is 1. The Morgan fingerprint density at radius 3 is 2.54 bits per heavy atom. The number of carbonyl (C=O) groups is 2.